The van der Waals surface area contributed by atoms with Gasteiger partial charge in [-0.1, -0.05) is 18.2 Å². The fourth-order valence-corrected chi connectivity index (χ4v) is 3.62. The summed E-state index contributed by atoms with van der Waals surface area (Å²) >= 11 is 0. The van der Waals surface area contributed by atoms with Crippen LogP contribution in [-0.2, 0) is 0 Å². The Morgan fingerprint density at radius 1 is 0.909 bits per heavy atom. The van der Waals surface area contributed by atoms with Crippen LogP contribution in [0.5, 0.6) is 0 Å². The van der Waals surface area contributed by atoms with E-state index in [1.807, 2.05) is 57.2 Å². The molecule has 3 aromatic carbocycles. The SMILES string of the molecule is CNC(=O)c1c2cc(-c3cccc(C(=O)NC(C)(C)C)c3)ccc2nn1-c1ccc(F)cc1. The van der Waals surface area contributed by atoms with Crippen molar-refractivity contribution in [2.75, 3.05) is 7.05 Å². The topological polar surface area (TPSA) is 76.0 Å². The van der Waals surface area contributed by atoms with Gasteiger partial charge in [-0.05, 0) is 80.4 Å². The minimum Gasteiger partial charge on any atom is -0.354 e. The number of nitrogens with one attached hydrogen (secondary N) is 2. The van der Waals surface area contributed by atoms with E-state index in [2.05, 4.69) is 15.7 Å². The molecule has 1 heterocycles. The molecule has 33 heavy (non-hydrogen) atoms. The Hall–Kier alpha value is -4.00. The first-order valence-electron chi connectivity index (χ1n) is 10.6. The van der Waals surface area contributed by atoms with Gasteiger partial charge in [0.25, 0.3) is 11.8 Å². The number of aromatic nitrogens is 2. The first-order chi connectivity index (χ1) is 15.7. The molecule has 6 nitrogen and oxygen atoms in total. The van der Waals surface area contributed by atoms with Gasteiger partial charge in [0.05, 0.1) is 11.2 Å². The number of carbonyl (C=O) groups is 2. The van der Waals surface area contributed by atoms with E-state index in [-0.39, 0.29) is 23.2 Å². The second-order valence-corrected chi connectivity index (χ2v) is 8.83. The van der Waals surface area contributed by atoms with Gasteiger partial charge in [0.15, 0.2) is 0 Å². The molecular formula is C26H25FN4O2. The van der Waals surface area contributed by atoms with E-state index < -0.39 is 0 Å². The number of rotatable bonds is 4. The van der Waals surface area contributed by atoms with E-state index in [0.717, 1.165) is 11.1 Å². The molecule has 0 saturated carbocycles. The van der Waals surface area contributed by atoms with Crippen molar-refractivity contribution >= 4 is 22.7 Å². The van der Waals surface area contributed by atoms with Crippen molar-refractivity contribution in [3.63, 3.8) is 0 Å². The lowest BCUT2D eigenvalue weighted by molar-refractivity contribution is 0.0917. The molecule has 2 N–H and O–H groups in total. The molecule has 0 unspecified atom stereocenters. The molecule has 4 rings (SSSR count). The molecule has 0 bridgehead atoms. The molecule has 168 valence electrons. The Morgan fingerprint density at radius 3 is 2.27 bits per heavy atom. The van der Waals surface area contributed by atoms with Crippen LogP contribution in [0.3, 0.4) is 0 Å². The van der Waals surface area contributed by atoms with Gasteiger partial charge < -0.3 is 10.6 Å². The molecule has 0 fully saturated rings. The minimum atomic E-state index is -0.366. The zero-order valence-corrected chi connectivity index (χ0v) is 18.9. The van der Waals surface area contributed by atoms with E-state index in [9.17, 15) is 14.0 Å². The summed E-state index contributed by atoms with van der Waals surface area (Å²) < 4.78 is 14.9. The second kappa shape index (κ2) is 8.50. The minimum absolute atomic E-state index is 0.152. The van der Waals surface area contributed by atoms with Gasteiger partial charge >= 0.3 is 0 Å². The van der Waals surface area contributed by atoms with E-state index in [0.29, 0.717) is 27.8 Å². The third-order valence-corrected chi connectivity index (χ3v) is 5.13. The first kappa shape index (κ1) is 22.2. The molecule has 0 radical (unpaired) electrons. The van der Waals surface area contributed by atoms with Gasteiger partial charge in [-0.25, -0.2) is 9.07 Å². The zero-order valence-electron chi connectivity index (χ0n) is 18.9. The lowest BCUT2D eigenvalue weighted by Gasteiger charge is -2.20. The summed E-state index contributed by atoms with van der Waals surface area (Å²) in [5.74, 6) is -0.826. The zero-order chi connectivity index (χ0) is 23.8. The highest BCUT2D eigenvalue weighted by atomic mass is 19.1. The summed E-state index contributed by atoms with van der Waals surface area (Å²) in [6.07, 6.45) is 0. The number of fused-ring (bicyclic) bond motifs is 1. The van der Waals surface area contributed by atoms with Crippen LogP contribution in [0.2, 0.25) is 0 Å². The first-order valence-corrected chi connectivity index (χ1v) is 10.6. The average Bonchev–Trinajstić information content (AvgIpc) is 3.16. The standard InChI is InChI=1S/C26H25FN4O2/c1-26(2,3)29-24(32)18-7-5-6-16(14-18)17-8-13-22-21(15-17)23(25(33)28-4)31(30-22)20-11-9-19(27)10-12-20/h5-15H,1-4H3,(H,28,33)(H,29,32). The maximum atomic E-state index is 13.4. The summed E-state index contributed by atoms with van der Waals surface area (Å²) in [5, 5.41) is 10.9. The van der Waals surface area contributed by atoms with Crippen LogP contribution in [0.4, 0.5) is 4.39 Å². The van der Waals surface area contributed by atoms with Crippen molar-refractivity contribution < 1.29 is 14.0 Å². The maximum Gasteiger partial charge on any atom is 0.270 e. The van der Waals surface area contributed by atoms with Crippen LogP contribution in [0.25, 0.3) is 27.7 Å². The fourth-order valence-electron chi connectivity index (χ4n) is 3.62. The number of halogens is 1. The number of carbonyl (C=O) groups excluding carboxylic acids is 2. The van der Waals surface area contributed by atoms with E-state index in [4.69, 9.17) is 0 Å². The Bertz CT molecular complexity index is 1350. The highest BCUT2D eigenvalue weighted by molar-refractivity contribution is 6.06. The Labute approximate surface area is 191 Å². The Kier molecular flexibility index (Phi) is 5.72. The molecule has 0 aliphatic rings. The van der Waals surface area contributed by atoms with Crippen LogP contribution in [0, 0.1) is 5.82 Å². The predicted molar refractivity (Wildman–Crippen MR) is 127 cm³/mol. The van der Waals surface area contributed by atoms with Crippen LogP contribution in [-0.4, -0.2) is 34.2 Å². The van der Waals surface area contributed by atoms with Gasteiger partial charge in [0.1, 0.15) is 11.5 Å². The van der Waals surface area contributed by atoms with E-state index in [1.165, 1.54) is 16.8 Å². The second-order valence-electron chi connectivity index (χ2n) is 8.83. The third-order valence-electron chi connectivity index (χ3n) is 5.13. The largest absolute Gasteiger partial charge is 0.354 e. The van der Waals surface area contributed by atoms with Gasteiger partial charge in [0, 0.05) is 23.5 Å². The lowest BCUT2D eigenvalue weighted by atomic mass is 10.00. The Balaban J connectivity index is 1.81. The summed E-state index contributed by atoms with van der Waals surface area (Å²) in [4.78, 5) is 25.4. The molecule has 4 aromatic rings. The predicted octanol–water partition coefficient (Wildman–Crippen LogP) is 4.72. The van der Waals surface area contributed by atoms with Crippen molar-refractivity contribution in [1.29, 1.82) is 0 Å². The number of hydrogen-bond donors (Lipinski definition) is 2. The average molecular weight is 445 g/mol. The van der Waals surface area contributed by atoms with Crippen molar-refractivity contribution in [2.24, 2.45) is 0 Å². The molecule has 0 aliphatic carbocycles. The quantitative estimate of drug-likeness (QED) is 0.478. The normalized spacial score (nSPS) is 11.4. The van der Waals surface area contributed by atoms with Crippen molar-refractivity contribution in [2.45, 2.75) is 26.3 Å². The van der Waals surface area contributed by atoms with Crippen LogP contribution in [0.1, 0.15) is 41.6 Å². The van der Waals surface area contributed by atoms with Crippen LogP contribution < -0.4 is 10.6 Å². The summed E-state index contributed by atoms with van der Waals surface area (Å²) in [6.45, 7) is 5.80. The van der Waals surface area contributed by atoms with E-state index in [1.54, 1.807) is 25.2 Å². The Morgan fingerprint density at radius 2 is 1.61 bits per heavy atom. The lowest BCUT2D eigenvalue weighted by Crippen LogP contribution is -2.40. The molecule has 0 spiro atoms. The van der Waals surface area contributed by atoms with Crippen LogP contribution in [0.15, 0.2) is 66.7 Å². The molecule has 2 amide bonds. The molecule has 1 aromatic heterocycles. The van der Waals surface area contributed by atoms with Gasteiger partial charge in [-0.2, -0.15) is 5.10 Å². The highest BCUT2D eigenvalue weighted by Gasteiger charge is 2.20. The van der Waals surface area contributed by atoms with Crippen molar-refractivity contribution in [1.82, 2.24) is 20.4 Å². The monoisotopic (exact) mass is 444 g/mol. The number of benzene rings is 3. The number of nitrogens with zero attached hydrogens (tertiary/aromatic N) is 2. The summed E-state index contributed by atoms with van der Waals surface area (Å²) in [5.41, 5.74) is 3.45. The van der Waals surface area contributed by atoms with Crippen LogP contribution >= 0.6 is 0 Å². The van der Waals surface area contributed by atoms with E-state index >= 15 is 0 Å². The molecule has 0 atom stereocenters. The van der Waals surface area contributed by atoms with Crippen molar-refractivity contribution in [3.05, 3.63) is 83.8 Å². The van der Waals surface area contributed by atoms with Crippen molar-refractivity contribution in [3.8, 4) is 16.8 Å². The number of hydrogen-bond acceptors (Lipinski definition) is 3. The molecule has 7 heteroatoms. The maximum absolute atomic E-state index is 13.4. The van der Waals surface area contributed by atoms with Gasteiger partial charge in [0.2, 0.25) is 0 Å². The van der Waals surface area contributed by atoms with Gasteiger partial charge in [-0.15, -0.1) is 0 Å². The van der Waals surface area contributed by atoms with Gasteiger partial charge in [-0.3, -0.25) is 9.59 Å². The summed E-state index contributed by atoms with van der Waals surface area (Å²) in [6, 6.07) is 18.8. The molecule has 0 aliphatic heterocycles. The molecule has 0 saturated heterocycles. The third kappa shape index (κ3) is 4.62. The smallest absolute Gasteiger partial charge is 0.270 e. The fraction of sp³-hybridized carbons (Fsp3) is 0.192. The molecular weight excluding hydrogens is 419 g/mol. The summed E-state index contributed by atoms with van der Waals surface area (Å²) in [7, 11) is 1.55. The highest BCUT2D eigenvalue weighted by Crippen LogP contribution is 2.29. The number of amides is 2.